The summed E-state index contributed by atoms with van der Waals surface area (Å²) in [6.45, 7) is 7.41. The highest BCUT2D eigenvalue weighted by Crippen LogP contribution is 2.41. The minimum Gasteiger partial charge on any atom is -0.355 e. The van der Waals surface area contributed by atoms with Gasteiger partial charge in [0.05, 0.1) is 22.9 Å². The zero-order valence-corrected chi connectivity index (χ0v) is 22.8. The van der Waals surface area contributed by atoms with Crippen LogP contribution in [0.2, 0.25) is 0 Å². The van der Waals surface area contributed by atoms with Crippen molar-refractivity contribution in [3.63, 3.8) is 0 Å². The normalized spacial score (nSPS) is 25.1. The molecule has 9 nitrogen and oxygen atoms in total. The molecule has 4 aliphatic rings. The Morgan fingerprint density at radius 3 is 2.42 bits per heavy atom. The van der Waals surface area contributed by atoms with E-state index in [9.17, 15) is 18.0 Å². The number of aryl methyl sites for hydroxylation is 1. The fraction of sp³-hybridized carbons (Fsp3) is 0.536. The van der Waals surface area contributed by atoms with Crippen molar-refractivity contribution in [1.82, 2.24) is 15.2 Å². The minimum absolute atomic E-state index is 0.0583. The van der Waals surface area contributed by atoms with E-state index in [0.717, 1.165) is 16.9 Å². The van der Waals surface area contributed by atoms with E-state index in [1.165, 1.54) is 22.7 Å². The van der Waals surface area contributed by atoms with Gasteiger partial charge in [0.15, 0.2) is 0 Å². The maximum Gasteiger partial charge on any atom is 0.256 e. The molecule has 3 aliphatic heterocycles. The molecule has 2 aromatic rings. The number of aromatic nitrogens is 1. The molecule has 4 heterocycles. The number of amides is 2. The molecule has 1 saturated carbocycles. The summed E-state index contributed by atoms with van der Waals surface area (Å²) in [7, 11) is -3.50. The third-order valence-electron chi connectivity index (χ3n) is 8.42. The lowest BCUT2D eigenvalue weighted by Gasteiger charge is -2.36. The van der Waals surface area contributed by atoms with E-state index in [1.54, 1.807) is 17.0 Å². The molecule has 10 heteroatoms. The average molecular weight is 538 g/mol. The summed E-state index contributed by atoms with van der Waals surface area (Å²) >= 11 is 0. The van der Waals surface area contributed by atoms with Gasteiger partial charge in [-0.3, -0.25) is 13.9 Å². The molecule has 2 amide bonds. The molecule has 2 atom stereocenters. The van der Waals surface area contributed by atoms with Gasteiger partial charge in [-0.05, 0) is 66.8 Å². The summed E-state index contributed by atoms with van der Waals surface area (Å²) in [5, 5.41) is 2.89. The predicted molar refractivity (Wildman–Crippen MR) is 146 cm³/mol. The number of anilines is 2. The summed E-state index contributed by atoms with van der Waals surface area (Å²) < 4.78 is 27.1. The Kier molecular flexibility index (Phi) is 6.32. The Bertz CT molecular complexity index is 1380. The number of sulfonamides is 1. The first-order chi connectivity index (χ1) is 18.2. The van der Waals surface area contributed by atoms with Crippen molar-refractivity contribution in [3.8, 4) is 0 Å². The van der Waals surface area contributed by atoms with Crippen LogP contribution in [0.1, 0.15) is 65.1 Å². The van der Waals surface area contributed by atoms with Crippen LogP contribution >= 0.6 is 0 Å². The first kappa shape index (κ1) is 25.2. The van der Waals surface area contributed by atoms with Crippen molar-refractivity contribution in [2.75, 3.05) is 54.2 Å². The maximum absolute atomic E-state index is 13.8. The summed E-state index contributed by atoms with van der Waals surface area (Å²) in [4.78, 5) is 35.1. The number of benzene rings is 1. The highest BCUT2D eigenvalue weighted by Gasteiger charge is 2.37. The zero-order valence-electron chi connectivity index (χ0n) is 22.0. The lowest BCUT2D eigenvalue weighted by Crippen LogP contribution is -2.49. The van der Waals surface area contributed by atoms with Crippen molar-refractivity contribution in [3.05, 3.63) is 52.7 Å². The second-order valence-corrected chi connectivity index (χ2v) is 13.2. The number of piperazine rings is 1. The molecule has 3 saturated heterocycles. The quantitative estimate of drug-likeness (QED) is 0.629. The first-order valence-corrected chi connectivity index (χ1v) is 15.3. The van der Waals surface area contributed by atoms with Crippen molar-refractivity contribution in [2.45, 2.75) is 44.9 Å². The fourth-order valence-corrected chi connectivity index (χ4v) is 7.69. The topological polar surface area (TPSA) is 103 Å². The Morgan fingerprint density at radius 1 is 1.05 bits per heavy atom. The molecule has 1 aromatic heterocycles. The van der Waals surface area contributed by atoms with E-state index in [1.807, 2.05) is 19.2 Å². The van der Waals surface area contributed by atoms with Crippen LogP contribution in [0.25, 0.3) is 0 Å². The number of hydrogen-bond acceptors (Lipinski definition) is 6. The van der Waals surface area contributed by atoms with Gasteiger partial charge in [0.25, 0.3) is 5.91 Å². The molecular weight excluding hydrogens is 502 g/mol. The summed E-state index contributed by atoms with van der Waals surface area (Å²) in [5.74, 6) is 1.21. The SMILES string of the molecule is Cc1cc(C2CC2)cnc1N1CCN(C(=O)c2ccc([C@@H]3C(=O)NCC3C)cc2N2CCCS2(=O)=O)CC1. The van der Waals surface area contributed by atoms with E-state index in [2.05, 4.69) is 23.2 Å². The third-order valence-corrected chi connectivity index (χ3v) is 10.3. The van der Waals surface area contributed by atoms with Gasteiger partial charge in [-0.15, -0.1) is 0 Å². The van der Waals surface area contributed by atoms with Crippen LogP contribution in [-0.2, 0) is 14.8 Å². The van der Waals surface area contributed by atoms with E-state index in [0.29, 0.717) is 62.9 Å². The predicted octanol–water partition coefficient (Wildman–Crippen LogP) is 2.62. The molecule has 0 bridgehead atoms. The molecule has 0 radical (unpaired) electrons. The van der Waals surface area contributed by atoms with Crippen molar-refractivity contribution < 1.29 is 18.0 Å². The first-order valence-electron chi connectivity index (χ1n) is 13.7. The second kappa shape index (κ2) is 9.55. The molecule has 202 valence electrons. The number of pyridine rings is 1. The molecule has 1 aliphatic carbocycles. The summed E-state index contributed by atoms with van der Waals surface area (Å²) in [5.41, 5.74) is 4.00. The highest BCUT2D eigenvalue weighted by atomic mass is 32.2. The smallest absolute Gasteiger partial charge is 0.256 e. The third kappa shape index (κ3) is 4.52. The van der Waals surface area contributed by atoms with Crippen LogP contribution in [0.5, 0.6) is 0 Å². The summed E-state index contributed by atoms with van der Waals surface area (Å²) in [6, 6.07) is 7.53. The molecule has 0 spiro atoms. The molecule has 38 heavy (non-hydrogen) atoms. The van der Waals surface area contributed by atoms with Crippen LogP contribution in [0.15, 0.2) is 30.5 Å². The van der Waals surface area contributed by atoms with Crippen LogP contribution in [-0.4, -0.2) is 75.1 Å². The Labute approximate surface area is 224 Å². The van der Waals surface area contributed by atoms with Gasteiger partial charge in [-0.25, -0.2) is 13.4 Å². The van der Waals surface area contributed by atoms with Crippen LogP contribution < -0.4 is 14.5 Å². The largest absolute Gasteiger partial charge is 0.355 e. The average Bonchev–Trinajstić information content (AvgIpc) is 3.62. The number of carbonyl (C=O) groups excluding carboxylic acids is 2. The van der Waals surface area contributed by atoms with Crippen molar-refractivity contribution in [2.24, 2.45) is 5.92 Å². The van der Waals surface area contributed by atoms with Gasteiger partial charge >= 0.3 is 0 Å². The number of carbonyl (C=O) groups is 2. The number of rotatable bonds is 5. The molecule has 1 unspecified atom stereocenters. The lowest BCUT2D eigenvalue weighted by atomic mass is 9.88. The minimum atomic E-state index is -3.50. The van der Waals surface area contributed by atoms with Gasteiger partial charge in [0.1, 0.15) is 5.82 Å². The maximum atomic E-state index is 13.8. The Balaban J connectivity index is 1.24. The van der Waals surface area contributed by atoms with Crippen LogP contribution in [0, 0.1) is 12.8 Å². The Hall–Kier alpha value is -3.14. The number of hydrogen-bond donors (Lipinski definition) is 1. The monoisotopic (exact) mass is 537 g/mol. The highest BCUT2D eigenvalue weighted by molar-refractivity contribution is 7.93. The van der Waals surface area contributed by atoms with E-state index >= 15 is 0 Å². The Morgan fingerprint density at radius 2 is 1.82 bits per heavy atom. The second-order valence-electron chi connectivity index (χ2n) is 11.2. The van der Waals surface area contributed by atoms with Gasteiger partial charge < -0.3 is 15.1 Å². The molecule has 1 N–H and O–H groups in total. The van der Waals surface area contributed by atoms with E-state index in [4.69, 9.17) is 4.98 Å². The van der Waals surface area contributed by atoms with Gasteiger partial charge in [-0.2, -0.15) is 0 Å². The lowest BCUT2D eigenvalue weighted by molar-refractivity contribution is -0.120. The van der Waals surface area contributed by atoms with Gasteiger partial charge in [0, 0.05) is 45.5 Å². The van der Waals surface area contributed by atoms with Gasteiger partial charge in [0.2, 0.25) is 15.9 Å². The van der Waals surface area contributed by atoms with Crippen molar-refractivity contribution >= 4 is 33.3 Å². The summed E-state index contributed by atoms with van der Waals surface area (Å²) in [6.07, 6.45) is 5.00. The number of nitrogens with zero attached hydrogens (tertiary/aromatic N) is 4. The standard InChI is InChI=1S/C28H35N5O4S/c1-18-14-22(20-4-5-20)17-29-26(18)31-9-11-32(12-10-31)28(35)23-7-6-21(25-19(2)16-30-27(25)34)15-24(23)33-8-3-13-38(33,36)37/h6-7,14-15,17,19-20,25H,3-5,8-13,16H2,1-2H3,(H,30,34)/t19?,25-/m1/s1. The molecule has 6 rings (SSSR count). The van der Waals surface area contributed by atoms with Gasteiger partial charge in [-0.1, -0.05) is 19.1 Å². The molecule has 1 aromatic carbocycles. The van der Waals surface area contributed by atoms with E-state index in [-0.39, 0.29) is 29.4 Å². The van der Waals surface area contributed by atoms with Crippen LogP contribution in [0.3, 0.4) is 0 Å². The zero-order chi connectivity index (χ0) is 26.6. The van der Waals surface area contributed by atoms with Crippen LogP contribution in [0.4, 0.5) is 11.5 Å². The van der Waals surface area contributed by atoms with E-state index < -0.39 is 10.0 Å². The molecule has 4 fully saturated rings. The fourth-order valence-electron chi connectivity index (χ4n) is 6.12. The number of nitrogens with one attached hydrogen (secondary N) is 1. The molecular formula is C28H35N5O4S. The van der Waals surface area contributed by atoms with Crippen molar-refractivity contribution in [1.29, 1.82) is 0 Å².